The van der Waals surface area contributed by atoms with Crippen LogP contribution in [0.1, 0.15) is 59.3 Å². The SMILES string of the molecule is CCCCCCCC(C)N1CCNCC1C(=O)OCC. The number of esters is 1. The molecule has 1 N–H and O–H groups in total. The third kappa shape index (κ3) is 5.80. The van der Waals surface area contributed by atoms with Gasteiger partial charge in [0.05, 0.1) is 6.61 Å². The largest absolute Gasteiger partial charge is 0.465 e. The normalized spacial score (nSPS) is 21.6. The summed E-state index contributed by atoms with van der Waals surface area (Å²) < 4.78 is 5.20. The second-order valence-electron chi connectivity index (χ2n) is 5.76. The molecule has 0 aromatic heterocycles. The van der Waals surface area contributed by atoms with Crippen molar-refractivity contribution < 1.29 is 9.53 Å². The van der Waals surface area contributed by atoms with Crippen molar-refractivity contribution in [2.75, 3.05) is 26.2 Å². The molecular weight excluding hydrogens is 252 g/mol. The van der Waals surface area contributed by atoms with Gasteiger partial charge >= 0.3 is 5.97 Å². The van der Waals surface area contributed by atoms with Crippen molar-refractivity contribution >= 4 is 5.97 Å². The number of unbranched alkanes of at least 4 members (excludes halogenated alkanes) is 4. The molecule has 0 aromatic carbocycles. The maximum Gasteiger partial charge on any atom is 0.324 e. The fourth-order valence-electron chi connectivity index (χ4n) is 2.91. The van der Waals surface area contributed by atoms with Crippen LogP contribution in [0.25, 0.3) is 0 Å². The van der Waals surface area contributed by atoms with E-state index in [0.717, 1.165) is 19.6 Å². The van der Waals surface area contributed by atoms with Gasteiger partial charge in [-0.3, -0.25) is 9.69 Å². The summed E-state index contributed by atoms with van der Waals surface area (Å²) in [5.74, 6) is -0.0717. The van der Waals surface area contributed by atoms with Gasteiger partial charge in [-0.1, -0.05) is 39.0 Å². The minimum atomic E-state index is -0.102. The standard InChI is InChI=1S/C16H32N2O2/c1-4-6-7-8-9-10-14(3)18-12-11-17-13-15(18)16(19)20-5-2/h14-15,17H,4-13H2,1-3H3. The van der Waals surface area contributed by atoms with Crippen molar-refractivity contribution in [1.29, 1.82) is 0 Å². The van der Waals surface area contributed by atoms with Gasteiger partial charge in [-0.15, -0.1) is 0 Å². The lowest BCUT2D eigenvalue weighted by atomic mass is 10.0. The first-order valence-corrected chi connectivity index (χ1v) is 8.33. The lowest BCUT2D eigenvalue weighted by Gasteiger charge is -2.38. The molecule has 2 unspecified atom stereocenters. The summed E-state index contributed by atoms with van der Waals surface area (Å²) in [6.45, 7) is 9.46. The highest BCUT2D eigenvalue weighted by Gasteiger charge is 2.32. The lowest BCUT2D eigenvalue weighted by molar-refractivity contribution is -0.151. The van der Waals surface area contributed by atoms with Gasteiger partial charge in [0, 0.05) is 25.7 Å². The minimum absolute atomic E-state index is 0.0717. The van der Waals surface area contributed by atoms with Gasteiger partial charge < -0.3 is 10.1 Å². The van der Waals surface area contributed by atoms with Crippen molar-refractivity contribution in [3.8, 4) is 0 Å². The van der Waals surface area contributed by atoms with Gasteiger partial charge in [0.15, 0.2) is 0 Å². The summed E-state index contributed by atoms with van der Waals surface area (Å²) in [6.07, 6.45) is 7.73. The maximum atomic E-state index is 12.0. The van der Waals surface area contributed by atoms with Crippen LogP contribution in [-0.2, 0) is 9.53 Å². The first-order valence-electron chi connectivity index (χ1n) is 8.33. The fraction of sp³-hybridized carbons (Fsp3) is 0.938. The molecule has 1 aliphatic heterocycles. The summed E-state index contributed by atoms with van der Waals surface area (Å²) in [4.78, 5) is 14.4. The molecule has 0 aliphatic carbocycles. The first kappa shape index (κ1) is 17.4. The van der Waals surface area contributed by atoms with Crippen molar-refractivity contribution in [2.24, 2.45) is 0 Å². The number of rotatable bonds is 9. The molecule has 1 heterocycles. The average molecular weight is 284 g/mol. The van der Waals surface area contributed by atoms with E-state index in [9.17, 15) is 4.79 Å². The van der Waals surface area contributed by atoms with Crippen LogP contribution in [0.2, 0.25) is 0 Å². The van der Waals surface area contributed by atoms with E-state index >= 15 is 0 Å². The Labute approximate surface area is 124 Å². The van der Waals surface area contributed by atoms with Crippen molar-refractivity contribution in [3.05, 3.63) is 0 Å². The predicted octanol–water partition coefficient (Wildman–Crippen LogP) is 2.57. The Bertz CT molecular complexity index is 271. The summed E-state index contributed by atoms with van der Waals surface area (Å²) in [7, 11) is 0. The quantitative estimate of drug-likeness (QED) is 0.522. The molecule has 20 heavy (non-hydrogen) atoms. The van der Waals surface area contributed by atoms with Crippen LogP contribution < -0.4 is 5.32 Å². The molecule has 0 saturated carbocycles. The summed E-state index contributed by atoms with van der Waals surface area (Å²) in [6, 6.07) is 0.363. The minimum Gasteiger partial charge on any atom is -0.465 e. The second kappa shape index (κ2) is 10.2. The Morgan fingerprint density at radius 2 is 2.05 bits per heavy atom. The van der Waals surface area contributed by atoms with Crippen LogP contribution >= 0.6 is 0 Å². The molecule has 0 amide bonds. The Hall–Kier alpha value is -0.610. The summed E-state index contributed by atoms with van der Waals surface area (Å²) in [5, 5.41) is 3.30. The number of carbonyl (C=O) groups excluding carboxylic acids is 1. The molecule has 0 bridgehead atoms. The second-order valence-corrected chi connectivity index (χ2v) is 5.76. The predicted molar refractivity (Wildman–Crippen MR) is 82.8 cm³/mol. The zero-order valence-corrected chi connectivity index (χ0v) is 13.5. The van der Waals surface area contributed by atoms with Crippen LogP contribution in [0.15, 0.2) is 0 Å². The lowest BCUT2D eigenvalue weighted by Crippen LogP contribution is -2.58. The Morgan fingerprint density at radius 3 is 2.75 bits per heavy atom. The number of piperazine rings is 1. The fourth-order valence-corrected chi connectivity index (χ4v) is 2.91. The van der Waals surface area contributed by atoms with Gasteiger partial charge in [0.1, 0.15) is 6.04 Å². The molecule has 0 aromatic rings. The van der Waals surface area contributed by atoms with E-state index in [-0.39, 0.29) is 12.0 Å². The van der Waals surface area contributed by atoms with Crippen LogP contribution in [0.3, 0.4) is 0 Å². The summed E-state index contributed by atoms with van der Waals surface area (Å²) in [5.41, 5.74) is 0. The van der Waals surface area contributed by atoms with E-state index in [2.05, 4.69) is 24.1 Å². The highest BCUT2D eigenvalue weighted by molar-refractivity contribution is 5.76. The van der Waals surface area contributed by atoms with E-state index in [1.807, 2.05) is 6.92 Å². The zero-order chi connectivity index (χ0) is 14.8. The van der Waals surface area contributed by atoms with Gasteiger partial charge in [0.2, 0.25) is 0 Å². The van der Waals surface area contributed by atoms with Crippen molar-refractivity contribution in [3.63, 3.8) is 0 Å². The molecule has 118 valence electrons. The molecule has 4 heteroatoms. The van der Waals surface area contributed by atoms with Gasteiger partial charge in [-0.05, 0) is 20.3 Å². The average Bonchev–Trinajstić information content (AvgIpc) is 2.47. The number of carbonyl (C=O) groups is 1. The first-order chi connectivity index (χ1) is 9.70. The number of hydrogen-bond donors (Lipinski definition) is 1. The van der Waals surface area contributed by atoms with Crippen LogP contribution in [0.4, 0.5) is 0 Å². The van der Waals surface area contributed by atoms with Crippen LogP contribution in [-0.4, -0.2) is 49.2 Å². The molecule has 1 aliphatic rings. The van der Waals surface area contributed by atoms with E-state index < -0.39 is 0 Å². The van der Waals surface area contributed by atoms with Crippen LogP contribution in [0.5, 0.6) is 0 Å². The molecule has 0 spiro atoms. The zero-order valence-electron chi connectivity index (χ0n) is 13.5. The van der Waals surface area contributed by atoms with E-state index in [1.54, 1.807) is 0 Å². The number of ether oxygens (including phenoxy) is 1. The highest BCUT2D eigenvalue weighted by Crippen LogP contribution is 2.16. The van der Waals surface area contributed by atoms with Gasteiger partial charge in [-0.2, -0.15) is 0 Å². The molecule has 4 nitrogen and oxygen atoms in total. The molecule has 1 fully saturated rings. The van der Waals surface area contributed by atoms with E-state index in [0.29, 0.717) is 12.6 Å². The van der Waals surface area contributed by atoms with Gasteiger partial charge in [-0.25, -0.2) is 0 Å². The monoisotopic (exact) mass is 284 g/mol. The van der Waals surface area contributed by atoms with E-state index in [4.69, 9.17) is 4.74 Å². The van der Waals surface area contributed by atoms with E-state index in [1.165, 1.54) is 38.5 Å². The van der Waals surface area contributed by atoms with Crippen LogP contribution in [0, 0.1) is 0 Å². The van der Waals surface area contributed by atoms with Crippen molar-refractivity contribution in [1.82, 2.24) is 10.2 Å². The number of nitrogens with one attached hydrogen (secondary N) is 1. The molecule has 1 saturated heterocycles. The maximum absolute atomic E-state index is 12.0. The molecule has 1 rings (SSSR count). The third-order valence-corrected chi connectivity index (χ3v) is 4.14. The van der Waals surface area contributed by atoms with Gasteiger partial charge in [0.25, 0.3) is 0 Å². The van der Waals surface area contributed by atoms with Crippen molar-refractivity contribution in [2.45, 2.75) is 71.4 Å². The summed E-state index contributed by atoms with van der Waals surface area (Å²) >= 11 is 0. The number of nitrogens with zero attached hydrogens (tertiary/aromatic N) is 1. The Balaban J connectivity index is 2.37. The Kier molecular flexibility index (Phi) is 8.86. The molecular formula is C16H32N2O2. The molecule has 2 atom stereocenters. The Morgan fingerprint density at radius 1 is 1.30 bits per heavy atom. The smallest absolute Gasteiger partial charge is 0.324 e. The third-order valence-electron chi connectivity index (χ3n) is 4.14. The highest BCUT2D eigenvalue weighted by atomic mass is 16.5. The topological polar surface area (TPSA) is 41.6 Å². The number of hydrogen-bond acceptors (Lipinski definition) is 4. The molecule has 0 radical (unpaired) electrons.